The minimum atomic E-state index is -3.47. The highest BCUT2D eigenvalue weighted by molar-refractivity contribution is 7.91. The largest absolute Gasteiger partial charge is 0.496 e. The van der Waals surface area contributed by atoms with E-state index in [0.29, 0.717) is 53.4 Å². The van der Waals surface area contributed by atoms with Gasteiger partial charge in [0.2, 0.25) is 20.9 Å². The molecule has 0 radical (unpaired) electrons. The lowest BCUT2D eigenvalue weighted by Gasteiger charge is -2.23. The van der Waals surface area contributed by atoms with Crippen LogP contribution in [0.2, 0.25) is 5.02 Å². The second-order valence-electron chi connectivity index (χ2n) is 8.19. The Bertz CT molecular complexity index is 1220. The van der Waals surface area contributed by atoms with Crippen molar-refractivity contribution in [3.05, 3.63) is 35.5 Å². The lowest BCUT2D eigenvalue weighted by molar-refractivity contribution is 0.261. The lowest BCUT2D eigenvalue weighted by atomic mass is 10.0. The number of aromatic nitrogens is 4. The first-order valence-corrected chi connectivity index (χ1v) is 12.4. The van der Waals surface area contributed by atoms with Crippen LogP contribution in [0.5, 0.6) is 11.6 Å². The number of pyridine rings is 1. The maximum atomic E-state index is 12.6. The van der Waals surface area contributed by atoms with E-state index in [1.807, 2.05) is 6.07 Å². The Kier molecular flexibility index (Phi) is 6.39. The van der Waals surface area contributed by atoms with Gasteiger partial charge in [-0.3, -0.25) is 0 Å². The van der Waals surface area contributed by atoms with Crippen LogP contribution < -0.4 is 9.47 Å². The van der Waals surface area contributed by atoms with E-state index < -0.39 is 9.84 Å². The van der Waals surface area contributed by atoms with E-state index in [9.17, 15) is 8.42 Å². The minimum Gasteiger partial charge on any atom is -0.496 e. The molecule has 170 valence electrons. The summed E-state index contributed by atoms with van der Waals surface area (Å²) in [4.78, 5) is 8.57. The van der Waals surface area contributed by atoms with Crippen LogP contribution in [0.4, 0.5) is 0 Å². The number of aromatic amines is 1. The Morgan fingerprint density at radius 3 is 2.62 bits per heavy atom. The highest BCUT2D eigenvalue weighted by atomic mass is 35.5. The standard InChI is InChI=1S/C22H25ClN4O4S/c1-13(2)12-31-21-18(23)9-15(11-24-21)17-8-7-14(10-19(17)30-3)20-25-22(27-26-20)32(28,29)16-5-4-6-16/h7-11,13,16H,4-6,12H2,1-3H3,(H,25,26,27). The zero-order chi connectivity index (χ0) is 22.9. The van der Waals surface area contributed by atoms with Gasteiger partial charge in [0.25, 0.3) is 0 Å². The number of nitrogens with one attached hydrogen (secondary N) is 1. The van der Waals surface area contributed by atoms with Gasteiger partial charge in [0.15, 0.2) is 5.82 Å². The molecule has 4 rings (SSSR count). The summed E-state index contributed by atoms with van der Waals surface area (Å²) in [6.45, 7) is 4.63. The number of H-pyrrole nitrogens is 1. The summed E-state index contributed by atoms with van der Waals surface area (Å²) < 4.78 is 36.4. The smallest absolute Gasteiger partial charge is 0.243 e. The summed E-state index contributed by atoms with van der Waals surface area (Å²) >= 11 is 6.36. The Hall–Kier alpha value is -2.65. The number of benzene rings is 1. The highest BCUT2D eigenvalue weighted by Gasteiger charge is 2.35. The summed E-state index contributed by atoms with van der Waals surface area (Å²) in [6, 6.07) is 7.18. The van der Waals surface area contributed by atoms with Gasteiger partial charge in [0.1, 0.15) is 10.8 Å². The zero-order valence-corrected chi connectivity index (χ0v) is 19.7. The van der Waals surface area contributed by atoms with E-state index in [0.717, 1.165) is 17.5 Å². The summed E-state index contributed by atoms with van der Waals surface area (Å²) in [5, 5.41) is 6.64. The molecule has 2 aromatic heterocycles. The van der Waals surface area contributed by atoms with E-state index in [1.54, 1.807) is 31.5 Å². The van der Waals surface area contributed by atoms with Crippen molar-refractivity contribution in [2.75, 3.05) is 13.7 Å². The number of nitrogens with zero attached hydrogens (tertiary/aromatic N) is 3. The van der Waals surface area contributed by atoms with Gasteiger partial charge in [0, 0.05) is 22.9 Å². The first-order chi connectivity index (χ1) is 15.3. The predicted molar refractivity (Wildman–Crippen MR) is 122 cm³/mol. The van der Waals surface area contributed by atoms with Crippen LogP contribution in [0, 0.1) is 5.92 Å². The van der Waals surface area contributed by atoms with Gasteiger partial charge in [-0.15, -0.1) is 0 Å². The van der Waals surface area contributed by atoms with Crippen LogP contribution in [-0.2, 0) is 9.84 Å². The van der Waals surface area contributed by atoms with E-state index in [1.165, 1.54) is 0 Å². The Morgan fingerprint density at radius 1 is 1.22 bits per heavy atom. The zero-order valence-electron chi connectivity index (χ0n) is 18.1. The average molecular weight is 477 g/mol. The van der Waals surface area contributed by atoms with Gasteiger partial charge in [-0.25, -0.2) is 18.5 Å². The molecule has 0 saturated heterocycles. The molecule has 0 atom stereocenters. The topological polar surface area (TPSA) is 107 Å². The van der Waals surface area contributed by atoms with E-state index in [4.69, 9.17) is 21.1 Å². The molecule has 0 spiro atoms. The molecule has 2 heterocycles. The molecule has 1 fully saturated rings. The maximum absolute atomic E-state index is 12.6. The molecule has 0 unspecified atom stereocenters. The average Bonchev–Trinajstić information content (AvgIpc) is 3.22. The normalized spacial score (nSPS) is 14.4. The maximum Gasteiger partial charge on any atom is 0.243 e. The Balaban J connectivity index is 1.61. The molecule has 1 aliphatic rings. The van der Waals surface area contributed by atoms with E-state index >= 15 is 0 Å². The summed E-state index contributed by atoms with van der Waals surface area (Å²) in [5.74, 6) is 1.60. The first-order valence-electron chi connectivity index (χ1n) is 10.4. The van der Waals surface area contributed by atoms with Crippen LogP contribution in [0.3, 0.4) is 0 Å². The third-order valence-corrected chi connectivity index (χ3v) is 7.70. The van der Waals surface area contributed by atoms with Gasteiger partial charge >= 0.3 is 0 Å². The molecule has 0 bridgehead atoms. The minimum absolute atomic E-state index is 0.0896. The fourth-order valence-corrected chi connectivity index (χ4v) is 5.21. The van der Waals surface area contributed by atoms with Gasteiger partial charge in [-0.1, -0.05) is 37.9 Å². The van der Waals surface area contributed by atoms with Crippen molar-refractivity contribution in [1.82, 2.24) is 20.2 Å². The van der Waals surface area contributed by atoms with E-state index in [-0.39, 0.29) is 10.4 Å². The third kappa shape index (κ3) is 4.45. The van der Waals surface area contributed by atoms with Crippen molar-refractivity contribution in [3.63, 3.8) is 0 Å². The predicted octanol–water partition coefficient (Wildman–Crippen LogP) is 4.56. The Morgan fingerprint density at radius 2 is 2.00 bits per heavy atom. The number of rotatable bonds is 8. The SMILES string of the molecule is COc1cc(-c2n[nH]c(S(=O)(=O)C3CCC3)n2)ccc1-c1cnc(OCC(C)C)c(Cl)c1. The number of hydrogen-bond acceptors (Lipinski definition) is 7. The molecular formula is C22H25ClN4O4S. The van der Waals surface area contributed by atoms with Crippen LogP contribution >= 0.6 is 11.6 Å². The molecule has 3 aromatic rings. The van der Waals surface area contributed by atoms with Crippen molar-refractivity contribution in [1.29, 1.82) is 0 Å². The Labute approximate surface area is 192 Å². The van der Waals surface area contributed by atoms with Crippen molar-refractivity contribution >= 4 is 21.4 Å². The summed E-state index contributed by atoms with van der Waals surface area (Å²) in [6.07, 6.45) is 3.93. The van der Waals surface area contributed by atoms with Crippen LogP contribution in [0.15, 0.2) is 35.6 Å². The molecule has 10 heteroatoms. The van der Waals surface area contributed by atoms with Gasteiger partial charge in [-0.05, 0) is 37.0 Å². The summed E-state index contributed by atoms with van der Waals surface area (Å²) in [5.41, 5.74) is 2.17. The van der Waals surface area contributed by atoms with Gasteiger partial charge < -0.3 is 9.47 Å². The third-order valence-electron chi connectivity index (χ3n) is 5.36. The molecule has 8 nitrogen and oxygen atoms in total. The van der Waals surface area contributed by atoms with Crippen molar-refractivity contribution in [2.24, 2.45) is 5.92 Å². The quantitative estimate of drug-likeness (QED) is 0.507. The van der Waals surface area contributed by atoms with Crippen molar-refractivity contribution in [2.45, 2.75) is 43.5 Å². The van der Waals surface area contributed by atoms with E-state index in [2.05, 4.69) is 34.0 Å². The molecule has 1 saturated carbocycles. The number of sulfone groups is 1. The molecule has 1 aromatic carbocycles. The van der Waals surface area contributed by atoms with Crippen LogP contribution in [-0.4, -0.2) is 47.5 Å². The number of ether oxygens (including phenoxy) is 2. The fraction of sp³-hybridized carbons (Fsp3) is 0.409. The van der Waals surface area contributed by atoms with Crippen molar-refractivity contribution < 1.29 is 17.9 Å². The molecule has 1 N–H and O–H groups in total. The van der Waals surface area contributed by atoms with Crippen LogP contribution in [0.1, 0.15) is 33.1 Å². The fourth-order valence-electron chi connectivity index (χ4n) is 3.34. The highest BCUT2D eigenvalue weighted by Crippen LogP contribution is 2.36. The summed E-state index contributed by atoms with van der Waals surface area (Å²) in [7, 11) is -1.91. The number of hydrogen-bond donors (Lipinski definition) is 1. The molecule has 0 aliphatic heterocycles. The second-order valence-corrected chi connectivity index (χ2v) is 10.7. The monoisotopic (exact) mass is 476 g/mol. The molecule has 0 amide bonds. The van der Waals surface area contributed by atoms with Gasteiger partial charge in [0.05, 0.1) is 19.0 Å². The second kappa shape index (κ2) is 9.07. The number of halogens is 1. The van der Waals surface area contributed by atoms with Crippen LogP contribution in [0.25, 0.3) is 22.5 Å². The van der Waals surface area contributed by atoms with Gasteiger partial charge in [-0.2, -0.15) is 10.1 Å². The molecular weight excluding hydrogens is 452 g/mol. The first kappa shape index (κ1) is 22.5. The van der Waals surface area contributed by atoms with Crippen molar-refractivity contribution in [3.8, 4) is 34.1 Å². The number of methoxy groups -OCH3 is 1. The lowest BCUT2D eigenvalue weighted by Crippen LogP contribution is -2.29. The molecule has 1 aliphatic carbocycles. The molecule has 32 heavy (non-hydrogen) atoms.